The Bertz CT molecular complexity index is 1560. The maximum Gasteiger partial charge on any atom is 0.290 e. The van der Waals surface area contributed by atoms with Crippen LogP contribution in [0, 0.1) is 6.92 Å². The van der Waals surface area contributed by atoms with E-state index >= 15 is 0 Å². The lowest BCUT2D eigenvalue weighted by Gasteiger charge is -2.11. The predicted octanol–water partition coefficient (Wildman–Crippen LogP) is 4.07. The van der Waals surface area contributed by atoms with Crippen LogP contribution in [0.1, 0.15) is 21.7 Å². The van der Waals surface area contributed by atoms with Crippen molar-refractivity contribution in [1.29, 1.82) is 0 Å². The van der Waals surface area contributed by atoms with E-state index in [0.29, 0.717) is 22.9 Å². The van der Waals surface area contributed by atoms with E-state index in [1.54, 1.807) is 20.4 Å². The highest BCUT2D eigenvalue weighted by Crippen LogP contribution is 2.34. The number of para-hydroxylation sites is 2. The second kappa shape index (κ2) is 7.98. The number of imidazole rings is 2. The fraction of sp³-hybridized carbons (Fsp3) is 0.160. The van der Waals surface area contributed by atoms with E-state index in [1.165, 1.54) is 0 Å². The summed E-state index contributed by atoms with van der Waals surface area (Å²) in [6.45, 7) is 1.82. The average molecular weight is 441 g/mol. The Kier molecular flexibility index (Phi) is 4.97. The van der Waals surface area contributed by atoms with Crippen molar-refractivity contribution in [3.05, 3.63) is 71.5 Å². The fourth-order valence-electron chi connectivity index (χ4n) is 4.32. The molecule has 0 fully saturated rings. The maximum atomic E-state index is 13.1. The first-order chi connectivity index (χ1) is 16.0. The van der Waals surface area contributed by atoms with E-state index in [4.69, 9.17) is 9.47 Å². The van der Waals surface area contributed by atoms with Gasteiger partial charge in [0, 0.05) is 23.4 Å². The van der Waals surface area contributed by atoms with Gasteiger partial charge in [0.25, 0.3) is 5.91 Å². The van der Waals surface area contributed by atoms with Crippen molar-refractivity contribution in [2.45, 2.75) is 6.92 Å². The Morgan fingerprint density at radius 1 is 1.00 bits per heavy atom. The molecule has 0 aliphatic rings. The van der Waals surface area contributed by atoms with E-state index in [9.17, 15) is 4.79 Å². The molecule has 0 radical (unpaired) electrons. The van der Waals surface area contributed by atoms with Gasteiger partial charge in [-0.3, -0.25) is 9.20 Å². The molecule has 0 aliphatic carbocycles. The lowest BCUT2D eigenvalue weighted by Crippen LogP contribution is -2.20. The lowest BCUT2D eigenvalue weighted by atomic mass is 10.0. The Morgan fingerprint density at radius 3 is 2.52 bits per heavy atom. The molecule has 3 aromatic carbocycles. The zero-order chi connectivity index (χ0) is 23.1. The van der Waals surface area contributed by atoms with Gasteiger partial charge in [0.05, 0.1) is 37.2 Å². The Hall–Kier alpha value is -4.33. The molecule has 166 valence electrons. The van der Waals surface area contributed by atoms with Crippen LogP contribution in [0.4, 0.5) is 0 Å². The third kappa shape index (κ3) is 3.18. The highest BCUT2D eigenvalue weighted by atomic mass is 16.5. The summed E-state index contributed by atoms with van der Waals surface area (Å²) in [5, 5.41) is 6.00. The van der Waals surface area contributed by atoms with Crippen LogP contribution in [-0.2, 0) is 7.05 Å². The van der Waals surface area contributed by atoms with Gasteiger partial charge < -0.3 is 14.0 Å². The number of aryl methyl sites for hydroxylation is 2. The SMILES string of the molecule is COc1ccc(C=NNC(=O)c2c(C)nc3n(C)c4ccccc4n23)c2c(OC)cccc12. The van der Waals surface area contributed by atoms with Gasteiger partial charge in [-0.25, -0.2) is 10.4 Å². The molecular weight excluding hydrogens is 418 g/mol. The topological polar surface area (TPSA) is 82.1 Å². The molecule has 1 N–H and O–H groups in total. The number of benzene rings is 3. The molecule has 8 nitrogen and oxygen atoms in total. The van der Waals surface area contributed by atoms with Gasteiger partial charge in [-0.1, -0.05) is 24.3 Å². The van der Waals surface area contributed by atoms with Crippen LogP contribution in [0.15, 0.2) is 59.7 Å². The van der Waals surface area contributed by atoms with E-state index in [1.807, 2.05) is 77.5 Å². The molecule has 8 heteroatoms. The van der Waals surface area contributed by atoms with Crippen molar-refractivity contribution in [3.63, 3.8) is 0 Å². The zero-order valence-corrected chi connectivity index (χ0v) is 18.8. The Balaban J connectivity index is 1.53. The van der Waals surface area contributed by atoms with Gasteiger partial charge in [0.1, 0.15) is 17.2 Å². The smallest absolute Gasteiger partial charge is 0.290 e. The molecule has 1 amide bonds. The van der Waals surface area contributed by atoms with E-state index in [-0.39, 0.29) is 5.91 Å². The van der Waals surface area contributed by atoms with Gasteiger partial charge in [-0.15, -0.1) is 0 Å². The number of hydrogen-bond donors (Lipinski definition) is 1. The van der Waals surface area contributed by atoms with Gasteiger partial charge >= 0.3 is 0 Å². The quantitative estimate of drug-likeness (QED) is 0.329. The molecule has 0 saturated heterocycles. The number of hydrazone groups is 1. The normalized spacial score (nSPS) is 11.6. The summed E-state index contributed by atoms with van der Waals surface area (Å²) in [7, 11) is 5.19. The molecule has 5 aromatic rings. The standard InChI is InChI=1S/C25H23N5O3/c1-15-23(30-19-10-6-5-9-18(19)29(2)25(30)27-15)24(31)28-26-14-16-12-13-20(32-3)17-8-7-11-21(33-4)22(16)17/h5-14H,1-4H3,(H,28,31). The minimum atomic E-state index is -0.336. The first-order valence-corrected chi connectivity index (χ1v) is 10.4. The average Bonchev–Trinajstić information content (AvgIpc) is 3.32. The number of amides is 1. The van der Waals surface area contributed by atoms with Crippen LogP contribution < -0.4 is 14.9 Å². The third-order valence-electron chi connectivity index (χ3n) is 5.84. The minimum absolute atomic E-state index is 0.336. The number of rotatable bonds is 5. The largest absolute Gasteiger partial charge is 0.496 e. The van der Waals surface area contributed by atoms with Crippen LogP contribution in [0.25, 0.3) is 27.6 Å². The van der Waals surface area contributed by atoms with Crippen LogP contribution in [0.3, 0.4) is 0 Å². The number of nitrogens with zero attached hydrogens (tertiary/aromatic N) is 4. The molecule has 5 rings (SSSR count). The minimum Gasteiger partial charge on any atom is -0.496 e. The molecule has 2 aromatic heterocycles. The maximum absolute atomic E-state index is 13.1. The Labute approximate surface area is 190 Å². The van der Waals surface area contributed by atoms with E-state index in [0.717, 1.165) is 33.1 Å². The molecule has 0 atom stereocenters. The van der Waals surface area contributed by atoms with Gasteiger partial charge in [-0.05, 0) is 37.3 Å². The molecule has 2 heterocycles. The summed E-state index contributed by atoms with van der Waals surface area (Å²) in [6, 6.07) is 17.4. The van der Waals surface area contributed by atoms with E-state index < -0.39 is 0 Å². The predicted molar refractivity (Wildman–Crippen MR) is 129 cm³/mol. The number of hydrogen-bond acceptors (Lipinski definition) is 5. The van der Waals surface area contributed by atoms with Crippen molar-refractivity contribution >= 4 is 39.7 Å². The molecule has 33 heavy (non-hydrogen) atoms. The van der Waals surface area contributed by atoms with Crippen molar-refractivity contribution in [2.24, 2.45) is 12.1 Å². The first kappa shape index (κ1) is 20.6. The number of carbonyl (C=O) groups is 1. The van der Waals surface area contributed by atoms with E-state index in [2.05, 4.69) is 15.5 Å². The lowest BCUT2D eigenvalue weighted by molar-refractivity contribution is 0.0949. The van der Waals surface area contributed by atoms with Crippen molar-refractivity contribution in [2.75, 3.05) is 14.2 Å². The molecule has 0 unspecified atom stereocenters. The number of carbonyl (C=O) groups excluding carboxylic acids is 1. The van der Waals surface area contributed by atoms with Crippen molar-refractivity contribution < 1.29 is 14.3 Å². The highest BCUT2D eigenvalue weighted by Gasteiger charge is 2.21. The summed E-state index contributed by atoms with van der Waals surface area (Å²) in [6.07, 6.45) is 1.61. The molecule has 0 aliphatic heterocycles. The number of aromatic nitrogens is 3. The summed E-state index contributed by atoms with van der Waals surface area (Å²) >= 11 is 0. The third-order valence-corrected chi connectivity index (χ3v) is 5.84. The summed E-state index contributed by atoms with van der Waals surface area (Å²) in [5.74, 6) is 1.80. The molecular formula is C25H23N5O3. The summed E-state index contributed by atoms with van der Waals surface area (Å²) in [4.78, 5) is 17.7. The first-order valence-electron chi connectivity index (χ1n) is 10.4. The highest BCUT2D eigenvalue weighted by molar-refractivity contribution is 6.06. The van der Waals surface area contributed by atoms with Gasteiger partial charge in [-0.2, -0.15) is 5.10 Å². The summed E-state index contributed by atoms with van der Waals surface area (Å²) < 4.78 is 14.9. The number of fused-ring (bicyclic) bond motifs is 4. The van der Waals surface area contributed by atoms with Crippen molar-refractivity contribution in [1.82, 2.24) is 19.4 Å². The van der Waals surface area contributed by atoms with Crippen LogP contribution in [0.2, 0.25) is 0 Å². The summed E-state index contributed by atoms with van der Waals surface area (Å²) in [5.41, 5.74) is 6.45. The van der Waals surface area contributed by atoms with Gasteiger partial charge in [0.15, 0.2) is 0 Å². The molecule has 0 saturated carbocycles. The zero-order valence-electron chi connectivity index (χ0n) is 18.8. The monoisotopic (exact) mass is 441 g/mol. The fourth-order valence-corrected chi connectivity index (χ4v) is 4.32. The van der Waals surface area contributed by atoms with Crippen LogP contribution in [-0.4, -0.2) is 40.3 Å². The number of nitrogens with one attached hydrogen (secondary N) is 1. The van der Waals surface area contributed by atoms with Gasteiger partial charge in [0.2, 0.25) is 5.78 Å². The van der Waals surface area contributed by atoms with Crippen LogP contribution in [0.5, 0.6) is 11.5 Å². The molecule has 0 spiro atoms. The Morgan fingerprint density at radius 2 is 1.76 bits per heavy atom. The molecule has 0 bridgehead atoms. The second-order valence-corrected chi connectivity index (χ2v) is 7.67. The second-order valence-electron chi connectivity index (χ2n) is 7.67. The van der Waals surface area contributed by atoms with Crippen LogP contribution >= 0.6 is 0 Å². The number of methoxy groups -OCH3 is 2. The number of ether oxygens (including phenoxy) is 2. The van der Waals surface area contributed by atoms with Crippen molar-refractivity contribution in [3.8, 4) is 11.5 Å².